The van der Waals surface area contributed by atoms with E-state index in [0.29, 0.717) is 36.9 Å². The Morgan fingerprint density at radius 1 is 1.18 bits per heavy atom. The summed E-state index contributed by atoms with van der Waals surface area (Å²) in [5, 5.41) is 0. The van der Waals surface area contributed by atoms with Crippen molar-refractivity contribution in [2.45, 2.75) is 58.6 Å². The lowest BCUT2D eigenvalue weighted by atomic mass is 9.98. The van der Waals surface area contributed by atoms with Gasteiger partial charge < -0.3 is 14.2 Å². The van der Waals surface area contributed by atoms with Crippen LogP contribution in [0.4, 0.5) is 0 Å². The highest BCUT2D eigenvalue weighted by Gasteiger charge is 2.51. The topological polar surface area (TPSA) is 98.9 Å². The van der Waals surface area contributed by atoms with E-state index in [4.69, 9.17) is 9.72 Å². The zero-order chi connectivity index (χ0) is 22.6. The summed E-state index contributed by atoms with van der Waals surface area (Å²) in [6.07, 6.45) is 12.6. The zero-order valence-corrected chi connectivity index (χ0v) is 19.0. The van der Waals surface area contributed by atoms with Gasteiger partial charge in [-0.25, -0.2) is 19.9 Å². The Labute approximate surface area is 191 Å². The van der Waals surface area contributed by atoms with Gasteiger partial charge in [0, 0.05) is 42.9 Å². The largest absolute Gasteiger partial charge is 0.471 e. The summed E-state index contributed by atoms with van der Waals surface area (Å²) in [6, 6.07) is 0. The van der Waals surface area contributed by atoms with Gasteiger partial charge >= 0.3 is 0 Å². The number of hydrogen-bond acceptors (Lipinski definition) is 7. The van der Waals surface area contributed by atoms with Crippen LogP contribution in [0.15, 0.2) is 30.4 Å². The number of allylic oxidation sites excluding steroid dienone is 1. The van der Waals surface area contributed by atoms with Gasteiger partial charge in [-0.15, -0.1) is 0 Å². The van der Waals surface area contributed by atoms with E-state index in [1.807, 2.05) is 23.3 Å². The molecule has 0 aromatic carbocycles. The zero-order valence-electron chi connectivity index (χ0n) is 19.0. The lowest BCUT2D eigenvalue weighted by molar-refractivity contribution is -0.126. The molecule has 170 valence electrons. The van der Waals surface area contributed by atoms with Crippen LogP contribution in [0.25, 0.3) is 22.6 Å². The number of nitrogens with zero attached hydrogens (tertiary/aromatic N) is 7. The van der Waals surface area contributed by atoms with Gasteiger partial charge in [0.15, 0.2) is 11.2 Å². The molecule has 1 aliphatic heterocycles. The van der Waals surface area contributed by atoms with Crippen molar-refractivity contribution >= 4 is 17.1 Å². The summed E-state index contributed by atoms with van der Waals surface area (Å²) in [5.41, 5.74) is 3.31. The van der Waals surface area contributed by atoms with Crippen LogP contribution >= 0.6 is 0 Å². The Morgan fingerprint density at radius 3 is 2.73 bits per heavy atom. The summed E-state index contributed by atoms with van der Waals surface area (Å²) in [5.74, 6) is 2.10. The maximum atomic E-state index is 13.0. The Morgan fingerprint density at radius 2 is 1.97 bits per heavy atom. The molecule has 0 N–H and O–H groups in total. The van der Waals surface area contributed by atoms with Crippen molar-refractivity contribution in [3.05, 3.63) is 36.2 Å². The molecule has 1 saturated heterocycles. The van der Waals surface area contributed by atoms with E-state index in [1.165, 1.54) is 19.2 Å². The van der Waals surface area contributed by atoms with Crippen molar-refractivity contribution in [3.63, 3.8) is 0 Å². The second-order valence-electron chi connectivity index (χ2n) is 9.25. The normalized spacial score (nSPS) is 21.1. The van der Waals surface area contributed by atoms with E-state index in [-0.39, 0.29) is 17.4 Å². The smallest absolute Gasteiger partial charge is 0.250 e. The first-order valence-corrected chi connectivity index (χ1v) is 11.8. The van der Waals surface area contributed by atoms with Crippen molar-refractivity contribution in [2.24, 2.45) is 5.41 Å². The third-order valence-corrected chi connectivity index (χ3v) is 7.16. The number of fused-ring (bicyclic) bond motifs is 1. The SMILES string of the molecule is CCn1c(-c2cnc(C)nc2)nc2c(O[C@H]3CCN(C(=O)C4=CC45CCCC5)C3)ncnc21. The molecule has 9 heteroatoms. The number of aromatic nitrogens is 6. The van der Waals surface area contributed by atoms with Crippen molar-refractivity contribution in [1.82, 2.24) is 34.4 Å². The fraction of sp³-hybridized carbons (Fsp3) is 0.500. The first-order chi connectivity index (χ1) is 16.1. The molecule has 9 nitrogen and oxygen atoms in total. The number of amides is 1. The molecule has 0 radical (unpaired) electrons. The third-order valence-electron chi connectivity index (χ3n) is 7.16. The molecule has 4 heterocycles. The average molecular weight is 446 g/mol. The predicted octanol–water partition coefficient (Wildman–Crippen LogP) is 3.09. The summed E-state index contributed by atoms with van der Waals surface area (Å²) >= 11 is 0. The molecular formula is C24H27N7O2. The molecule has 33 heavy (non-hydrogen) atoms. The fourth-order valence-corrected chi connectivity index (χ4v) is 5.30. The van der Waals surface area contributed by atoms with E-state index >= 15 is 0 Å². The minimum absolute atomic E-state index is 0.108. The van der Waals surface area contributed by atoms with E-state index in [2.05, 4.69) is 26.0 Å². The number of imidazole rings is 1. The van der Waals surface area contributed by atoms with Crippen LogP contribution < -0.4 is 4.74 Å². The third kappa shape index (κ3) is 3.37. The number of ether oxygens (including phenoxy) is 1. The molecule has 1 amide bonds. The molecule has 3 aromatic rings. The van der Waals surface area contributed by atoms with Crippen molar-refractivity contribution in [3.8, 4) is 17.3 Å². The van der Waals surface area contributed by atoms with Gasteiger partial charge in [-0.05, 0) is 26.7 Å². The average Bonchev–Trinajstić information content (AvgIpc) is 3.20. The number of likely N-dealkylation sites (tertiary alicyclic amines) is 1. The summed E-state index contributed by atoms with van der Waals surface area (Å²) in [4.78, 5) is 37.2. The standard InChI is InChI=1S/C24H27N7O2/c1-3-31-20(16-11-25-15(2)26-12-16)29-19-21(31)27-14-28-22(19)33-17-6-9-30(13-17)23(32)18-10-24(18)7-4-5-8-24/h10-12,14,17H,3-9,13H2,1-2H3/t17-/m0/s1. The molecule has 1 atom stereocenters. The molecule has 0 bridgehead atoms. The first-order valence-electron chi connectivity index (χ1n) is 11.8. The quantitative estimate of drug-likeness (QED) is 0.595. The molecule has 2 aliphatic carbocycles. The van der Waals surface area contributed by atoms with Crippen molar-refractivity contribution < 1.29 is 9.53 Å². The molecule has 2 fully saturated rings. The van der Waals surface area contributed by atoms with Crippen LogP contribution in [0.1, 0.15) is 44.9 Å². The second kappa shape index (κ2) is 7.60. The van der Waals surface area contributed by atoms with E-state index in [1.54, 1.807) is 12.4 Å². The van der Waals surface area contributed by atoms with Crippen molar-refractivity contribution in [1.29, 1.82) is 0 Å². The van der Waals surface area contributed by atoms with Crippen LogP contribution in [0.2, 0.25) is 0 Å². The molecule has 3 aromatic heterocycles. The Balaban J connectivity index is 1.22. The van der Waals surface area contributed by atoms with E-state index in [0.717, 1.165) is 41.9 Å². The summed E-state index contributed by atoms with van der Waals surface area (Å²) in [6.45, 7) is 5.88. The van der Waals surface area contributed by atoms with Crippen LogP contribution in [0.3, 0.4) is 0 Å². The summed E-state index contributed by atoms with van der Waals surface area (Å²) < 4.78 is 8.30. The van der Waals surface area contributed by atoms with Crippen LogP contribution in [0, 0.1) is 12.3 Å². The van der Waals surface area contributed by atoms with Gasteiger partial charge in [0.1, 0.15) is 24.1 Å². The maximum absolute atomic E-state index is 13.0. The molecule has 1 saturated carbocycles. The highest BCUT2D eigenvalue weighted by atomic mass is 16.5. The molecule has 1 spiro atoms. The lowest BCUT2D eigenvalue weighted by Gasteiger charge is -2.18. The monoisotopic (exact) mass is 445 g/mol. The van der Waals surface area contributed by atoms with Crippen LogP contribution in [-0.4, -0.2) is 59.5 Å². The molecular weight excluding hydrogens is 418 g/mol. The van der Waals surface area contributed by atoms with Gasteiger partial charge in [0.25, 0.3) is 5.91 Å². The molecule has 0 unspecified atom stereocenters. The lowest BCUT2D eigenvalue weighted by Crippen LogP contribution is -2.31. The maximum Gasteiger partial charge on any atom is 0.250 e. The predicted molar refractivity (Wildman–Crippen MR) is 121 cm³/mol. The number of hydrogen-bond donors (Lipinski definition) is 0. The number of carbonyl (C=O) groups excluding carboxylic acids is 1. The van der Waals surface area contributed by atoms with Crippen molar-refractivity contribution in [2.75, 3.05) is 13.1 Å². The van der Waals surface area contributed by atoms with E-state index in [9.17, 15) is 4.79 Å². The highest BCUT2D eigenvalue weighted by Crippen LogP contribution is 2.56. The first kappa shape index (κ1) is 20.3. The highest BCUT2D eigenvalue weighted by molar-refractivity contribution is 6.00. The Hall–Kier alpha value is -3.36. The van der Waals surface area contributed by atoms with Gasteiger partial charge in [-0.1, -0.05) is 18.9 Å². The van der Waals surface area contributed by atoms with Crippen LogP contribution in [0.5, 0.6) is 5.88 Å². The van der Waals surface area contributed by atoms with Gasteiger partial charge in [0.2, 0.25) is 5.88 Å². The molecule has 3 aliphatic rings. The minimum atomic E-state index is -0.108. The van der Waals surface area contributed by atoms with Crippen LogP contribution in [-0.2, 0) is 11.3 Å². The van der Waals surface area contributed by atoms with Gasteiger partial charge in [0.05, 0.1) is 12.1 Å². The van der Waals surface area contributed by atoms with Gasteiger partial charge in [-0.3, -0.25) is 4.79 Å². The number of carbonyl (C=O) groups is 1. The number of rotatable bonds is 5. The van der Waals surface area contributed by atoms with Gasteiger partial charge in [-0.2, -0.15) is 4.98 Å². The Bertz CT molecular complexity index is 1260. The molecule has 6 rings (SSSR count). The minimum Gasteiger partial charge on any atom is -0.471 e. The van der Waals surface area contributed by atoms with E-state index < -0.39 is 0 Å². The summed E-state index contributed by atoms with van der Waals surface area (Å²) in [7, 11) is 0. The Kier molecular flexibility index (Phi) is 4.67. The number of aryl methyl sites for hydroxylation is 2. The second-order valence-corrected chi connectivity index (χ2v) is 9.25. The fourth-order valence-electron chi connectivity index (χ4n) is 5.30.